The molecule has 0 saturated carbocycles. The molecule has 0 bridgehead atoms. The van der Waals surface area contributed by atoms with Gasteiger partial charge in [0.25, 0.3) is 5.91 Å². The Morgan fingerprint density at radius 1 is 1.08 bits per heavy atom. The summed E-state index contributed by atoms with van der Waals surface area (Å²) in [4.78, 5) is 23.6. The number of primary amides is 1. The number of ether oxygens (including phenoxy) is 2. The molecule has 0 aliphatic carbocycles. The molecule has 0 aliphatic rings. The first-order valence-electron chi connectivity index (χ1n) is 7.97. The second-order valence-corrected chi connectivity index (χ2v) is 5.54. The van der Waals surface area contributed by atoms with E-state index in [1.807, 2.05) is 24.3 Å². The Balaban J connectivity index is 1.81. The van der Waals surface area contributed by atoms with Crippen LogP contribution in [0.3, 0.4) is 0 Å². The molecule has 2 rings (SSSR count). The number of hydrogen-bond donors (Lipinski definition) is 2. The van der Waals surface area contributed by atoms with Crippen LogP contribution in [0.25, 0.3) is 0 Å². The number of nitrogens with two attached hydrogens (primary N) is 1. The summed E-state index contributed by atoms with van der Waals surface area (Å²) in [5, 5.41) is 2.73. The zero-order valence-electron chi connectivity index (χ0n) is 14.4. The van der Waals surface area contributed by atoms with Crippen LogP contribution in [-0.4, -0.2) is 25.5 Å². The minimum atomic E-state index is -0.559. The van der Waals surface area contributed by atoms with Crippen molar-refractivity contribution in [3.05, 3.63) is 53.6 Å². The van der Waals surface area contributed by atoms with E-state index in [2.05, 4.69) is 5.32 Å². The summed E-state index contributed by atoms with van der Waals surface area (Å²) < 4.78 is 10.7. The summed E-state index contributed by atoms with van der Waals surface area (Å²) in [6.45, 7) is 2.19. The average molecular weight is 342 g/mol. The lowest BCUT2D eigenvalue weighted by Gasteiger charge is -2.11. The van der Waals surface area contributed by atoms with E-state index in [4.69, 9.17) is 15.2 Å². The third-order valence-electron chi connectivity index (χ3n) is 3.67. The molecule has 0 heterocycles. The number of hydrogen-bond acceptors (Lipinski definition) is 4. The van der Waals surface area contributed by atoms with Crippen molar-refractivity contribution in [2.75, 3.05) is 19.0 Å². The fourth-order valence-electron chi connectivity index (χ4n) is 2.41. The van der Waals surface area contributed by atoms with E-state index >= 15 is 0 Å². The van der Waals surface area contributed by atoms with Crippen LogP contribution >= 0.6 is 0 Å². The Morgan fingerprint density at radius 3 is 2.40 bits per heavy atom. The number of nitrogens with one attached hydrogen (secondary N) is 1. The molecule has 0 aromatic heterocycles. The Labute approximate surface area is 146 Å². The molecule has 2 aromatic carbocycles. The molecule has 132 valence electrons. The van der Waals surface area contributed by atoms with Crippen LogP contribution in [0, 0.1) is 6.92 Å². The van der Waals surface area contributed by atoms with Gasteiger partial charge >= 0.3 is 0 Å². The third kappa shape index (κ3) is 5.24. The fourth-order valence-corrected chi connectivity index (χ4v) is 2.41. The third-order valence-corrected chi connectivity index (χ3v) is 3.67. The average Bonchev–Trinajstić information content (AvgIpc) is 2.59. The predicted molar refractivity (Wildman–Crippen MR) is 96.0 cm³/mol. The monoisotopic (exact) mass is 342 g/mol. The highest BCUT2D eigenvalue weighted by atomic mass is 16.5. The van der Waals surface area contributed by atoms with E-state index in [-0.39, 0.29) is 12.3 Å². The van der Waals surface area contributed by atoms with Gasteiger partial charge in [-0.25, -0.2) is 0 Å². The van der Waals surface area contributed by atoms with Gasteiger partial charge < -0.3 is 20.5 Å². The second kappa shape index (κ2) is 8.73. The molecular weight excluding hydrogens is 320 g/mol. The Kier molecular flexibility index (Phi) is 6.39. The van der Waals surface area contributed by atoms with E-state index in [0.29, 0.717) is 24.3 Å². The van der Waals surface area contributed by atoms with E-state index in [9.17, 15) is 9.59 Å². The van der Waals surface area contributed by atoms with Crippen molar-refractivity contribution in [1.29, 1.82) is 0 Å². The number of carbonyl (C=O) groups is 2. The smallest absolute Gasteiger partial charge is 0.251 e. The number of methoxy groups -OCH3 is 1. The number of amides is 2. The highest BCUT2D eigenvalue weighted by Crippen LogP contribution is 2.20. The Bertz CT molecular complexity index is 742. The molecule has 2 amide bonds. The van der Waals surface area contributed by atoms with Crippen LogP contribution in [0.2, 0.25) is 0 Å². The van der Waals surface area contributed by atoms with Crippen molar-refractivity contribution < 1.29 is 19.1 Å². The lowest BCUT2D eigenvalue weighted by Crippen LogP contribution is -2.19. The highest BCUT2D eigenvalue weighted by Gasteiger charge is 2.13. The Hall–Kier alpha value is -3.02. The molecule has 2 aromatic rings. The maximum absolute atomic E-state index is 12.1. The van der Waals surface area contributed by atoms with Gasteiger partial charge in [-0.3, -0.25) is 9.59 Å². The van der Waals surface area contributed by atoms with Crippen molar-refractivity contribution in [2.24, 2.45) is 5.73 Å². The van der Waals surface area contributed by atoms with Gasteiger partial charge in [0.15, 0.2) is 0 Å². The molecule has 0 radical (unpaired) electrons. The number of benzene rings is 2. The molecule has 0 atom stereocenters. The van der Waals surface area contributed by atoms with Gasteiger partial charge in [0.1, 0.15) is 11.5 Å². The molecule has 25 heavy (non-hydrogen) atoms. The number of rotatable bonds is 8. The maximum atomic E-state index is 12.1. The maximum Gasteiger partial charge on any atom is 0.251 e. The summed E-state index contributed by atoms with van der Waals surface area (Å²) in [5.74, 6) is 0.730. The standard InChI is InChI=1S/C19H22N2O4/c1-13-5-3-6-16(18(13)19(20)23)21-17(22)7-4-12-25-15-10-8-14(24-2)9-11-15/h3,5-6,8-11H,4,7,12H2,1-2H3,(H2,20,23)(H,21,22). The number of aryl methyl sites for hydroxylation is 1. The summed E-state index contributed by atoms with van der Waals surface area (Å²) in [7, 11) is 1.60. The molecule has 3 N–H and O–H groups in total. The predicted octanol–water partition coefficient (Wildman–Crippen LogP) is 2.90. The summed E-state index contributed by atoms with van der Waals surface area (Å²) >= 11 is 0. The van der Waals surface area contributed by atoms with Crippen molar-refractivity contribution in [2.45, 2.75) is 19.8 Å². The first-order chi connectivity index (χ1) is 12.0. The lowest BCUT2D eigenvalue weighted by atomic mass is 10.1. The molecule has 0 saturated heterocycles. The molecule has 0 spiro atoms. The molecule has 0 aliphatic heterocycles. The van der Waals surface area contributed by atoms with Gasteiger partial charge in [-0.1, -0.05) is 12.1 Å². The normalized spacial score (nSPS) is 10.2. The topological polar surface area (TPSA) is 90.7 Å². The number of anilines is 1. The van der Waals surface area contributed by atoms with E-state index < -0.39 is 5.91 Å². The van der Waals surface area contributed by atoms with Crippen LogP contribution in [0.1, 0.15) is 28.8 Å². The lowest BCUT2D eigenvalue weighted by molar-refractivity contribution is -0.116. The van der Waals surface area contributed by atoms with Crippen LogP contribution in [0.5, 0.6) is 11.5 Å². The Morgan fingerprint density at radius 2 is 1.76 bits per heavy atom. The molecule has 6 heteroatoms. The van der Waals surface area contributed by atoms with Crippen LogP contribution < -0.4 is 20.5 Å². The zero-order chi connectivity index (χ0) is 18.2. The van der Waals surface area contributed by atoms with Crippen LogP contribution in [0.15, 0.2) is 42.5 Å². The number of carbonyl (C=O) groups excluding carboxylic acids is 2. The molecule has 6 nitrogen and oxygen atoms in total. The molecule has 0 unspecified atom stereocenters. The first-order valence-corrected chi connectivity index (χ1v) is 7.97. The highest BCUT2D eigenvalue weighted by molar-refractivity contribution is 6.04. The van der Waals surface area contributed by atoms with E-state index in [0.717, 1.165) is 17.1 Å². The van der Waals surface area contributed by atoms with Gasteiger partial charge in [-0.15, -0.1) is 0 Å². The summed E-state index contributed by atoms with van der Waals surface area (Å²) in [6, 6.07) is 12.5. The van der Waals surface area contributed by atoms with Crippen molar-refractivity contribution in [1.82, 2.24) is 0 Å². The van der Waals surface area contributed by atoms with Gasteiger partial charge in [0, 0.05) is 6.42 Å². The second-order valence-electron chi connectivity index (χ2n) is 5.54. The minimum Gasteiger partial charge on any atom is -0.497 e. The minimum absolute atomic E-state index is 0.188. The van der Waals surface area contributed by atoms with Crippen molar-refractivity contribution >= 4 is 17.5 Å². The zero-order valence-corrected chi connectivity index (χ0v) is 14.4. The fraction of sp³-hybridized carbons (Fsp3) is 0.263. The molecular formula is C19H22N2O4. The largest absolute Gasteiger partial charge is 0.497 e. The van der Waals surface area contributed by atoms with E-state index in [1.165, 1.54) is 0 Å². The van der Waals surface area contributed by atoms with Crippen molar-refractivity contribution in [3.8, 4) is 11.5 Å². The van der Waals surface area contributed by atoms with Gasteiger partial charge in [0.05, 0.1) is 25.0 Å². The quantitative estimate of drug-likeness (QED) is 0.722. The van der Waals surface area contributed by atoms with Crippen LogP contribution in [0.4, 0.5) is 5.69 Å². The van der Waals surface area contributed by atoms with Crippen LogP contribution in [-0.2, 0) is 4.79 Å². The van der Waals surface area contributed by atoms with E-state index in [1.54, 1.807) is 32.2 Å². The SMILES string of the molecule is COc1ccc(OCCCC(=O)Nc2cccc(C)c2C(N)=O)cc1. The summed E-state index contributed by atoms with van der Waals surface area (Å²) in [6.07, 6.45) is 0.831. The van der Waals surface area contributed by atoms with Gasteiger partial charge in [0.2, 0.25) is 5.91 Å². The molecule has 0 fully saturated rings. The summed E-state index contributed by atoms with van der Waals surface area (Å²) in [5.41, 5.74) is 6.89. The van der Waals surface area contributed by atoms with Crippen molar-refractivity contribution in [3.63, 3.8) is 0 Å². The first kappa shape index (κ1) is 18.3. The van der Waals surface area contributed by atoms with Gasteiger partial charge in [-0.2, -0.15) is 0 Å². The van der Waals surface area contributed by atoms with Gasteiger partial charge in [-0.05, 0) is 49.2 Å².